The van der Waals surface area contributed by atoms with E-state index in [9.17, 15) is 14.0 Å². The number of hydrogen-bond donors (Lipinski definition) is 0. The minimum Gasteiger partial charge on any atom is -0.462 e. The lowest BCUT2D eigenvalue weighted by Gasteiger charge is -2.12. The molecule has 0 aliphatic rings. The summed E-state index contributed by atoms with van der Waals surface area (Å²) in [5.74, 6) is -1.44. The van der Waals surface area contributed by atoms with Crippen LogP contribution < -0.4 is 5.63 Å². The maximum absolute atomic E-state index is 14.3. The maximum atomic E-state index is 14.3. The molecule has 0 saturated heterocycles. The molecule has 0 radical (unpaired) electrons. The van der Waals surface area contributed by atoms with Crippen LogP contribution in [0.4, 0.5) is 4.39 Å². The van der Waals surface area contributed by atoms with Crippen LogP contribution in [0.3, 0.4) is 0 Å². The van der Waals surface area contributed by atoms with Crippen LogP contribution in [0.2, 0.25) is 5.02 Å². The lowest BCUT2D eigenvalue weighted by atomic mass is 9.96. The van der Waals surface area contributed by atoms with Gasteiger partial charge in [0, 0.05) is 21.5 Å². The number of halogens is 2. The van der Waals surface area contributed by atoms with Crippen molar-refractivity contribution in [2.24, 2.45) is 0 Å². The Balaban J connectivity index is 2.48. The summed E-state index contributed by atoms with van der Waals surface area (Å²) in [4.78, 5) is 24.6. The average molecular weight is 347 g/mol. The van der Waals surface area contributed by atoms with Gasteiger partial charge in [0.1, 0.15) is 11.4 Å². The van der Waals surface area contributed by atoms with Crippen molar-refractivity contribution in [1.29, 1.82) is 0 Å². The summed E-state index contributed by atoms with van der Waals surface area (Å²) >= 11 is 6.02. The minimum atomic E-state index is -0.887. The third-order valence-electron chi connectivity index (χ3n) is 3.49. The molecule has 0 amide bonds. The molecule has 6 heteroatoms. The fourth-order valence-electron chi connectivity index (χ4n) is 2.51. The van der Waals surface area contributed by atoms with Crippen LogP contribution >= 0.6 is 11.6 Å². The van der Waals surface area contributed by atoms with E-state index < -0.39 is 17.4 Å². The number of rotatable bonds is 3. The van der Waals surface area contributed by atoms with Gasteiger partial charge in [0.25, 0.3) is 0 Å². The number of benzene rings is 2. The van der Waals surface area contributed by atoms with Crippen molar-refractivity contribution in [3.05, 3.63) is 69.3 Å². The zero-order valence-electron chi connectivity index (χ0n) is 12.6. The highest BCUT2D eigenvalue weighted by atomic mass is 35.5. The van der Waals surface area contributed by atoms with Crippen LogP contribution in [0.5, 0.6) is 0 Å². The monoisotopic (exact) mass is 346 g/mol. The molecule has 0 N–H and O–H groups in total. The van der Waals surface area contributed by atoms with Gasteiger partial charge < -0.3 is 9.15 Å². The summed E-state index contributed by atoms with van der Waals surface area (Å²) in [6.07, 6.45) is 0. The molecule has 0 aliphatic heterocycles. The van der Waals surface area contributed by atoms with E-state index in [2.05, 4.69) is 0 Å². The second-order valence-corrected chi connectivity index (χ2v) is 5.42. The van der Waals surface area contributed by atoms with Crippen LogP contribution in [0.15, 0.2) is 51.7 Å². The molecule has 4 nitrogen and oxygen atoms in total. The molecule has 24 heavy (non-hydrogen) atoms. The second-order valence-electron chi connectivity index (χ2n) is 4.98. The first-order chi connectivity index (χ1) is 11.5. The van der Waals surface area contributed by atoms with Gasteiger partial charge >= 0.3 is 11.6 Å². The van der Waals surface area contributed by atoms with Gasteiger partial charge in [-0.15, -0.1) is 0 Å². The number of carbonyl (C=O) groups is 1. The molecule has 0 aliphatic carbocycles. The van der Waals surface area contributed by atoms with Crippen molar-refractivity contribution >= 4 is 28.5 Å². The fourth-order valence-corrected chi connectivity index (χ4v) is 2.68. The smallest absolute Gasteiger partial charge is 0.351 e. The molecule has 1 heterocycles. The predicted molar refractivity (Wildman–Crippen MR) is 88.8 cm³/mol. The van der Waals surface area contributed by atoms with E-state index in [1.54, 1.807) is 19.1 Å². The van der Waals surface area contributed by atoms with Crippen molar-refractivity contribution in [2.45, 2.75) is 6.92 Å². The van der Waals surface area contributed by atoms with Gasteiger partial charge in [-0.05, 0) is 31.2 Å². The van der Waals surface area contributed by atoms with Gasteiger partial charge in [0.05, 0.1) is 6.61 Å². The highest BCUT2D eigenvalue weighted by Crippen LogP contribution is 2.34. The van der Waals surface area contributed by atoms with Crippen LogP contribution in [0.1, 0.15) is 17.3 Å². The Kier molecular flexibility index (Phi) is 4.36. The molecule has 3 rings (SSSR count). The maximum Gasteiger partial charge on any atom is 0.351 e. The number of hydrogen-bond acceptors (Lipinski definition) is 4. The Morgan fingerprint density at radius 2 is 2.00 bits per heavy atom. The van der Waals surface area contributed by atoms with Gasteiger partial charge in [-0.1, -0.05) is 29.8 Å². The van der Waals surface area contributed by atoms with Crippen LogP contribution in [-0.2, 0) is 4.74 Å². The van der Waals surface area contributed by atoms with E-state index >= 15 is 0 Å². The first kappa shape index (κ1) is 16.2. The number of fused-ring (bicyclic) bond motifs is 1. The SMILES string of the molecule is CCOC(=O)c1c(-c2ccccc2F)c2cc(Cl)ccc2oc1=O. The molecule has 0 fully saturated rings. The Morgan fingerprint density at radius 1 is 1.25 bits per heavy atom. The molecule has 122 valence electrons. The van der Waals surface area contributed by atoms with Crippen molar-refractivity contribution in [2.75, 3.05) is 6.61 Å². The fraction of sp³-hybridized carbons (Fsp3) is 0.111. The molecule has 3 aromatic rings. The van der Waals surface area contributed by atoms with Gasteiger partial charge in [0.15, 0.2) is 5.56 Å². The van der Waals surface area contributed by atoms with E-state index in [-0.39, 0.29) is 28.9 Å². The largest absolute Gasteiger partial charge is 0.462 e. The predicted octanol–water partition coefficient (Wildman–Crippen LogP) is 4.43. The second kappa shape index (κ2) is 6.45. The highest BCUT2D eigenvalue weighted by Gasteiger charge is 2.25. The lowest BCUT2D eigenvalue weighted by Crippen LogP contribution is -2.19. The molecule has 0 saturated carbocycles. The molecule has 0 unspecified atom stereocenters. The molecule has 0 bridgehead atoms. The number of esters is 1. The summed E-state index contributed by atoms with van der Waals surface area (Å²) in [6.45, 7) is 1.68. The minimum absolute atomic E-state index is 0.0720. The van der Waals surface area contributed by atoms with Gasteiger partial charge in [-0.25, -0.2) is 14.0 Å². The lowest BCUT2D eigenvalue weighted by molar-refractivity contribution is 0.0522. The quantitative estimate of drug-likeness (QED) is 0.520. The summed E-state index contributed by atoms with van der Waals surface area (Å²) in [6, 6.07) is 10.4. The summed E-state index contributed by atoms with van der Waals surface area (Å²) in [7, 11) is 0. The molecule has 0 atom stereocenters. The van der Waals surface area contributed by atoms with E-state index in [1.807, 2.05) is 0 Å². The third-order valence-corrected chi connectivity index (χ3v) is 3.73. The van der Waals surface area contributed by atoms with Crippen LogP contribution in [-0.4, -0.2) is 12.6 Å². The van der Waals surface area contributed by atoms with E-state index in [0.717, 1.165) is 0 Å². The van der Waals surface area contributed by atoms with Crippen molar-refractivity contribution in [1.82, 2.24) is 0 Å². The number of ether oxygens (including phenoxy) is 1. The Morgan fingerprint density at radius 3 is 2.71 bits per heavy atom. The molecular weight excluding hydrogens is 335 g/mol. The highest BCUT2D eigenvalue weighted by molar-refractivity contribution is 6.31. The Bertz CT molecular complexity index is 994. The molecule has 1 aromatic heterocycles. The molecular formula is C18H12ClFO4. The summed E-state index contributed by atoms with van der Waals surface area (Å²) < 4.78 is 24.5. The van der Waals surface area contributed by atoms with E-state index in [1.165, 1.54) is 30.3 Å². The number of carbonyl (C=O) groups excluding carboxylic acids is 1. The van der Waals surface area contributed by atoms with Crippen LogP contribution in [0, 0.1) is 5.82 Å². The first-order valence-electron chi connectivity index (χ1n) is 7.21. The third kappa shape index (κ3) is 2.78. The van der Waals surface area contributed by atoms with Gasteiger partial charge in [-0.2, -0.15) is 0 Å². The van der Waals surface area contributed by atoms with Gasteiger partial charge in [0.2, 0.25) is 0 Å². The van der Waals surface area contributed by atoms with Crippen molar-refractivity contribution in [3.63, 3.8) is 0 Å². The van der Waals surface area contributed by atoms with Crippen molar-refractivity contribution < 1.29 is 18.3 Å². The first-order valence-corrected chi connectivity index (χ1v) is 7.59. The zero-order chi connectivity index (χ0) is 17.3. The van der Waals surface area contributed by atoms with E-state index in [4.69, 9.17) is 20.8 Å². The van der Waals surface area contributed by atoms with E-state index in [0.29, 0.717) is 10.4 Å². The zero-order valence-corrected chi connectivity index (χ0v) is 13.4. The Labute approximate surface area is 141 Å². The topological polar surface area (TPSA) is 56.5 Å². The van der Waals surface area contributed by atoms with Crippen molar-refractivity contribution in [3.8, 4) is 11.1 Å². The standard InChI is InChI=1S/C18H12ClFO4/c1-2-23-17(21)16-15(11-5-3-4-6-13(11)20)12-9-10(19)7-8-14(12)24-18(16)22/h3-9H,2H2,1H3. The summed E-state index contributed by atoms with van der Waals surface area (Å²) in [5.41, 5.74) is -0.824. The molecule has 2 aromatic carbocycles. The summed E-state index contributed by atoms with van der Waals surface area (Å²) in [5, 5.41) is 0.721. The van der Waals surface area contributed by atoms with Crippen LogP contribution in [0.25, 0.3) is 22.1 Å². The Hall–Kier alpha value is -2.66. The van der Waals surface area contributed by atoms with Gasteiger partial charge in [-0.3, -0.25) is 0 Å². The normalized spacial score (nSPS) is 10.8. The molecule has 0 spiro atoms. The average Bonchev–Trinajstić information content (AvgIpc) is 2.55.